The van der Waals surface area contributed by atoms with Crippen LogP contribution >= 0.6 is 0 Å². The zero-order valence-corrected chi connectivity index (χ0v) is 11.3. The van der Waals surface area contributed by atoms with Gasteiger partial charge in [0.15, 0.2) is 0 Å². The van der Waals surface area contributed by atoms with Gasteiger partial charge >= 0.3 is 0 Å². The molecule has 4 nitrogen and oxygen atoms in total. The summed E-state index contributed by atoms with van der Waals surface area (Å²) in [6, 6.07) is 0. The Morgan fingerprint density at radius 2 is 1.89 bits per heavy atom. The Morgan fingerprint density at radius 3 is 2.33 bits per heavy atom. The topological polar surface area (TPSA) is 62.5 Å². The van der Waals surface area contributed by atoms with E-state index in [9.17, 15) is 9.90 Å². The average molecular weight is 251 g/mol. The molecule has 1 aromatic heterocycles. The molecule has 0 aliphatic heterocycles. The van der Waals surface area contributed by atoms with Crippen molar-refractivity contribution in [1.82, 2.24) is 5.32 Å². The molecule has 1 aliphatic carbocycles. The first kappa shape index (κ1) is 13.1. The molecular formula is C14H21NO3. The predicted molar refractivity (Wildman–Crippen MR) is 68.7 cm³/mol. The smallest absolute Gasteiger partial charge is 0.255 e. The zero-order valence-electron chi connectivity index (χ0n) is 11.3. The molecule has 0 atom stereocenters. The Morgan fingerprint density at radius 1 is 1.28 bits per heavy atom. The molecule has 0 aromatic carbocycles. The van der Waals surface area contributed by atoms with Crippen molar-refractivity contribution < 1.29 is 14.3 Å². The molecule has 1 fully saturated rings. The van der Waals surface area contributed by atoms with Crippen LogP contribution in [0.5, 0.6) is 0 Å². The fraction of sp³-hybridized carbons (Fsp3) is 0.643. The third kappa shape index (κ3) is 2.17. The van der Waals surface area contributed by atoms with Crippen LogP contribution in [0.4, 0.5) is 0 Å². The number of furan rings is 1. The van der Waals surface area contributed by atoms with Gasteiger partial charge < -0.3 is 14.8 Å². The molecule has 1 aromatic rings. The van der Waals surface area contributed by atoms with Crippen molar-refractivity contribution in [3.8, 4) is 0 Å². The molecule has 1 heterocycles. The SMILES string of the molecule is Cc1oc(C)c(C(=O)NC2(CO)CCCC2)c1C. The van der Waals surface area contributed by atoms with E-state index in [0.717, 1.165) is 37.0 Å². The van der Waals surface area contributed by atoms with Crippen LogP contribution in [0.3, 0.4) is 0 Å². The third-order valence-electron chi connectivity index (χ3n) is 4.03. The van der Waals surface area contributed by atoms with Gasteiger partial charge in [0, 0.05) is 5.56 Å². The number of hydrogen-bond acceptors (Lipinski definition) is 3. The van der Waals surface area contributed by atoms with Crippen LogP contribution in [0.25, 0.3) is 0 Å². The van der Waals surface area contributed by atoms with Crippen LogP contribution in [0, 0.1) is 20.8 Å². The number of hydrogen-bond donors (Lipinski definition) is 2. The van der Waals surface area contributed by atoms with Gasteiger partial charge in [0.1, 0.15) is 11.5 Å². The molecule has 2 rings (SSSR count). The summed E-state index contributed by atoms with van der Waals surface area (Å²) >= 11 is 0. The zero-order chi connectivity index (χ0) is 13.3. The Balaban J connectivity index is 2.21. The van der Waals surface area contributed by atoms with Crippen LogP contribution in [-0.4, -0.2) is 23.2 Å². The third-order valence-corrected chi connectivity index (χ3v) is 4.03. The maximum atomic E-state index is 12.3. The van der Waals surface area contributed by atoms with Crippen molar-refractivity contribution in [2.45, 2.75) is 52.0 Å². The van der Waals surface area contributed by atoms with Gasteiger partial charge in [-0.1, -0.05) is 12.8 Å². The van der Waals surface area contributed by atoms with Crippen LogP contribution in [0.15, 0.2) is 4.42 Å². The molecule has 0 bridgehead atoms. The van der Waals surface area contributed by atoms with Crippen LogP contribution in [0.1, 0.15) is 53.1 Å². The fourth-order valence-electron chi connectivity index (χ4n) is 2.81. The van der Waals surface area contributed by atoms with Crippen molar-refractivity contribution in [1.29, 1.82) is 0 Å². The van der Waals surface area contributed by atoms with Crippen molar-refractivity contribution in [3.63, 3.8) is 0 Å². The number of aliphatic hydroxyl groups is 1. The number of aliphatic hydroxyl groups excluding tert-OH is 1. The van der Waals surface area contributed by atoms with Crippen LogP contribution < -0.4 is 5.32 Å². The fourth-order valence-corrected chi connectivity index (χ4v) is 2.81. The number of aryl methyl sites for hydroxylation is 2. The van der Waals surface area contributed by atoms with E-state index in [1.807, 2.05) is 13.8 Å². The highest BCUT2D eigenvalue weighted by atomic mass is 16.3. The largest absolute Gasteiger partial charge is 0.466 e. The van der Waals surface area contributed by atoms with Crippen molar-refractivity contribution >= 4 is 5.91 Å². The summed E-state index contributed by atoms with van der Waals surface area (Å²) in [7, 11) is 0. The normalized spacial score (nSPS) is 18.0. The summed E-state index contributed by atoms with van der Waals surface area (Å²) in [5, 5.41) is 12.5. The van der Waals surface area contributed by atoms with E-state index in [1.165, 1.54) is 0 Å². The van der Waals surface area contributed by atoms with Crippen molar-refractivity contribution in [2.75, 3.05) is 6.61 Å². The number of amides is 1. The molecule has 100 valence electrons. The minimum absolute atomic E-state index is 0.00761. The Labute approximate surface area is 107 Å². The number of rotatable bonds is 3. The Bertz CT molecular complexity index is 456. The Hall–Kier alpha value is -1.29. The van der Waals surface area contributed by atoms with E-state index in [4.69, 9.17) is 4.42 Å². The molecule has 0 spiro atoms. The van der Waals surface area contributed by atoms with Gasteiger partial charge in [0.05, 0.1) is 17.7 Å². The van der Waals surface area contributed by atoms with Crippen molar-refractivity contribution in [3.05, 3.63) is 22.6 Å². The lowest BCUT2D eigenvalue weighted by Crippen LogP contribution is -2.49. The standard InChI is InChI=1S/C14H21NO3/c1-9-10(2)18-11(3)12(9)13(17)15-14(8-16)6-4-5-7-14/h16H,4-8H2,1-3H3,(H,15,17). The van der Waals surface area contributed by atoms with E-state index in [-0.39, 0.29) is 12.5 Å². The number of nitrogens with one attached hydrogen (secondary N) is 1. The molecule has 1 saturated carbocycles. The number of carbonyl (C=O) groups is 1. The van der Waals surface area contributed by atoms with Gasteiger partial charge in [-0.05, 0) is 33.6 Å². The lowest BCUT2D eigenvalue weighted by molar-refractivity contribution is 0.0836. The average Bonchev–Trinajstić information content (AvgIpc) is 2.86. The molecule has 1 aliphatic rings. The van der Waals surface area contributed by atoms with E-state index in [2.05, 4.69) is 5.32 Å². The highest BCUT2D eigenvalue weighted by Crippen LogP contribution is 2.30. The minimum atomic E-state index is -0.429. The van der Waals surface area contributed by atoms with Gasteiger partial charge in [-0.15, -0.1) is 0 Å². The lowest BCUT2D eigenvalue weighted by Gasteiger charge is -2.28. The second-order valence-electron chi connectivity index (χ2n) is 5.31. The molecule has 4 heteroatoms. The maximum absolute atomic E-state index is 12.3. The van der Waals surface area contributed by atoms with Gasteiger partial charge in [0.25, 0.3) is 5.91 Å². The summed E-state index contributed by atoms with van der Waals surface area (Å²) in [6.07, 6.45) is 3.82. The minimum Gasteiger partial charge on any atom is -0.466 e. The maximum Gasteiger partial charge on any atom is 0.255 e. The van der Waals surface area contributed by atoms with Gasteiger partial charge in [-0.3, -0.25) is 4.79 Å². The molecule has 18 heavy (non-hydrogen) atoms. The van der Waals surface area contributed by atoms with Crippen LogP contribution in [0.2, 0.25) is 0 Å². The summed E-state index contributed by atoms with van der Waals surface area (Å²) in [5.41, 5.74) is 1.07. The summed E-state index contributed by atoms with van der Waals surface area (Å²) < 4.78 is 5.47. The first-order valence-electron chi connectivity index (χ1n) is 6.49. The molecule has 0 radical (unpaired) electrons. The summed E-state index contributed by atoms with van der Waals surface area (Å²) in [6.45, 7) is 5.56. The van der Waals surface area contributed by atoms with Gasteiger partial charge in [-0.25, -0.2) is 0 Å². The molecule has 0 saturated heterocycles. The Kier molecular flexibility index (Phi) is 3.48. The van der Waals surface area contributed by atoms with Crippen LogP contribution in [-0.2, 0) is 0 Å². The first-order valence-corrected chi connectivity index (χ1v) is 6.49. The molecular weight excluding hydrogens is 230 g/mol. The summed E-state index contributed by atoms with van der Waals surface area (Å²) in [5.74, 6) is 1.30. The van der Waals surface area contributed by atoms with E-state index < -0.39 is 5.54 Å². The second-order valence-corrected chi connectivity index (χ2v) is 5.31. The highest BCUT2D eigenvalue weighted by molar-refractivity contribution is 5.97. The molecule has 2 N–H and O–H groups in total. The molecule has 1 amide bonds. The van der Waals surface area contributed by atoms with E-state index in [1.54, 1.807) is 6.92 Å². The van der Waals surface area contributed by atoms with E-state index in [0.29, 0.717) is 11.3 Å². The highest BCUT2D eigenvalue weighted by Gasteiger charge is 2.35. The van der Waals surface area contributed by atoms with Gasteiger partial charge in [-0.2, -0.15) is 0 Å². The predicted octanol–water partition coefficient (Wildman–Crippen LogP) is 2.24. The molecule has 0 unspecified atom stereocenters. The lowest BCUT2D eigenvalue weighted by atomic mass is 9.97. The quantitative estimate of drug-likeness (QED) is 0.866. The monoisotopic (exact) mass is 251 g/mol. The summed E-state index contributed by atoms with van der Waals surface area (Å²) in [4.78, 5) is 12.3. The van der Waals surface area contributed by atoms with E-state index >= 15 is 0 Å². The second kappa shape index (κ2) is 4.76. The first-order chi connectivity index (χ1) is 8.49. The van der Waals surface area contributed by atoms with Crippen molar-refractivity contribution in [2.24, 2.45) is 0 Å². The number of carbonyl (C=O) groups excluding carboxylic acids is 1. The van der Waals surface area contributed by atoms with Gasteiger partial charge in [0.2, 0.25) is 0 Å².